The second-order valence-electron chi connectivity index (χ2n) is 3.53. The maximum Gasteiger partial charge on any atom is 0.0953 e. The fraction of sp³-hybridized carbons (Fsp3) is 0.700. The minimum atomic E-state index is 0.440. The molecule has 0 fully saturated rings. The van der Waals surface area contributed by atoms with Gasteiger partial charge in [-0.15, -0.1) is 11.3 Å². The molecule has 1 aromatic rings. The molecule has 0 aliphatic heterocycles. The molecule has 1 aromatic heterocycles. The van der Waals surface area contributed by atoms with Crippen LogP contribution in [0.4, 0.5) is 0 Å². The Morgan fingerprint density at radius 1 is 1.46 bits per heavy atom. The summed E-state index contributed by atoms with van der Waals surface area (Å²) in [4.78, 5) is 5.74. The van der Waals surface area contributed by atoms with E-state index in [9.17, 15) is 0 Å². The predicted octanol–water partition coefficient (Wildman–Crippen LogP) is 2.94. The van der Waals surface area contributed by atoms with Crippen LogP contribution in [0.1, 0.15) is 49.5 Å². The highest BCUT2D eigenvalue weighted by Gasteiger charge is 2.10. The average Bonchev–Trinajstić information content (AvgIpc) is 2.52. The third-order valence-corrected chi connectivity index (χ3v) is 3.45. The van der Waals surface area contributed by atoms with Crippen molar-refractivity contribution in [3.8, 4) is 0 Å². The minimum Gasteiger partial charge on any atom is -0.310 e. The molecule has 0 bridgehead atoms. The molecular weight excluding hydrogens is 180 g/mol. The summed E-state index contributed by atoms with van der Waals surface area (Å²) in [6.45, 7) is 9.68. The molecule has 0 aromatic carbocycles. The molecule has 3 heteroatoms. The third-order valence-electron chi connectivity index (χ3n) is 1.97. The molecule has 1 N–H and O–H groups in total. The summed E-state index contributed by atoms with van der Waals surface area (Å²) in [5, 5.41) is 4.62. The zero-order valence-electron chi connectivity index (χ0n) is 8.79. The second-order valence-corrected chi connectivity index (χ2v) is 4.63. The molecular formula is C10H18N2S. The predicted molar refractivity (Wildman–Crippen MR) is 58.3 cm³/mol. The summed E-state index contributed by atoms with van der Waals surface area (Å²) in [7, 11) is 0. The van der Waals surface area contributed by atoms with Gasteiger partial charge in [0.15, 0.2) is 0 Å². The minimum absolute atomic E-state index is 0.440. The van der Waals surface area contributed by atoms with Crippen molar-refractivity contribution in [3.63, 3.8) is 0 Å². The second kappa shape index (κ2) is 4.72. The SMILES string of the molecule is CCN[C@H](C)c1cnc(C(C)C)s1. The fourth-order valence-corrected chi connectivity index (χ4v) is 2.12. The Kier molecular flexibility index (Phi) is 3.88. The lowest BCUT2D eigenvalue weighted by atomic mass is 10.2. The van der Waals surface area contributed by atoms with E-state index >= 15 is 0 Å². The molecule has 1 rings (SSSR count). The molecule has 1 heterocycles. The lowest BCUT2D eigenvalue weighted by Gasteiger charge is -2.08. The van der Waals surface area contributed by atoms with Crippen LogP contribution in [0, 0.1) is 0 Å². The molecule has 0 aliphatic rings. The molecule has 0 spiro atoms. The van der Waals surface area contributed by atoms with E-state index < -0.39 is 0 Å². The van der Waals surface area contributed by atoms with Crippen LogP contribution in [-0.4, -0.2) is 11.5 Å². The van der Waals surface area contributed by atoms with Crippen LogP contribution in [0.2, 0.25) is 0 Å². The largest absolute Gasteiger partial charge is 0.310 e. The number of thiazole rings is 1. The van der Waals surface area contributed by atoms with Gasteiger partial charge in [-0.3, -0.25) is 0 Å². The Labute approximate surface area is 84.4 Å². The van der Waals surface area contributed by atoms with Gasteiger partial charge in [0.05, 0.1) is 5.01 Å². The van der Waals surface area contributed by atoms with Crippen LogP contribution in [0.25, 0.3) is 0 Å². The monoisotopic (exact) mass is 198 g/mol. The standard InChI is InChI=1S/C10H18N2S/c1-5-11-8(4)9-6-12-10(13-9)7(2)3/h6-8,11H,5H2,1-4H3/t8-/m1/s1. The van der Waals surface area contributed by atoms with Crippen molar-refractivity contribution in [1.82, 2.24) is 10.3 Å². The van der Waals surface area contributed by atoms with E-state index in [1.165, 1.54) is 9.88 Å². The summed E-state index contributed by atoms with van der Waals surface area (Å²) in [5.41, 5.74) is 0. The van der Waals surface area contributed by atoms with Crippen LogP contribution in [-0.2, 0) is 0 Å². The molecule has 0 saturated heterocycles. The number of rotatable bonds is 4. The Morgan fingerprint density at radius 3 is 2.62 bits per heavy atom. The summed E-state index contributed by atoms with van der Waals surface area (Å²) in [5.74, 6) is 0.549. The first-order valence-corrected chi connectivity index (χ1v) is 5.65. The van der Waals surface area contributed by atoms with E-state index in [4.69, 9.17) is 0 Å². The van der Waals surface area contributed by atoms with Gasteiger partial charge in [0.2, 0.25) is 0 Å². The van der Waals surface area contributed by atoms with E-state index in [-0.39, 0.29) is 0 Å². The molecule has 13 heavy (non-hydrogen) atoms. The van der Waals surface area contributed by atoms with E-state index in [0.717, 1.165) is 6.54 Å². The van der Waals surface area contributed by atoms with Crippen molar-refractivity contribution < 1.29 is 0 Å². The van der Waals surface area contributed by atoms with Gasteiger partial charge in [0, 0.05) is 23.0 Å². The Balaban J connectivity index is 2.67. The Hall–Kier alpha value is -0.410. The van der Waals surface area contributed by atoms with Gasteiger partial charge in [-0.1, -0.05) is 20.8 Å². The highest BCUT2D eigenvalue weighted by atomic mass is 32.1. The fourth-order valence-electron chi connectivity index (χ4n) is 1.17. The summed E-state index contributed by atoms with van der Waals surface area (Å²) in [6, 6.07) is 0.440. The Bertz CT molecular complexity index is 255. The highest BCUT2D eigenvalue weighted by Crippen LogP contribution is 2.25. The number of hydrogen-bond donors (Lipinski definition) is 1. The van der Waals surface area contributed by atoms with Crippen LogP contribution in [0.5, 0.6) is 0 Å². The number of hydrogen-bond acceptors (Lipinski definition) is 3. The zero-order valence-corrected chi connectivity index (χ0v) is 9.61. The van der Waals surface area contributed by atoms with Gasteiger partial charge in [0.25, 0.3) is 0 Å². The van der Waals surface area contributed by atoms with Crippen LogP contribution < -0.4 is 5.32 Å². The maximum atomic E-state index is 4.40. The molecule has 0 aliphatic carbocycles. The maximum absolute atomic E-state index is 4.40. The lowest BCUT2D eigenvalue weighted by molar-refractivity contribution is 0.606. The van der Waals surface area contributed by atoms with Crippen LogP contribution in [0.3, 0.4) is 0 Å². The number of nitrogens with zero attached hydrogens (tertiary/aromatic N) is 1. The van der Waals surface area contributed by atoms with Crippen molar-refractivity contribution >= 4 is 11.3 Å². The normalized spacial score (nSPS) is 13.6. The van der Waals surface area contributed by atoms with E-state index in [1.807, 2.05) is 17.5 Å². The van der Waals surface area contributed by atoms with Crippen LogP contribution in [0.15, 0.2) is 6.20 Å². The van der Waals surface area contributed by atoms with Crippen molar-refractivity contribution in [1.29, 1.82) is 0 Å². The molecule has 0 unspecified atom stereocenters. The molecule has 74 valence electrons. The first-order chi connectivity index (χ1) is 6.15. The van der Waals surface area contributed by atoms with Crippen molar-refractivity contribution in [3.05, 3.63) is 16.1 Å². The lowest BCUT2D eigenvalue weighted by Crippen LogP contribution is -2.16. The molecule has 0 amide bonds. The van der Waals surface area contributed by atoms with Crippen molar-refractivity contribution in [2.75, 3.05) is 6.54 Å². The third kappa shape index (κ3) is 2.78. The first kappa shape index (κ1) is 10.7. The summed E-state index contributed by atoms with van der Waals surface area (Å²) in [6.07, 6.45) is 1.99. The number of nitrogens with one attached hydrogen (secondary N) is 1. The van der Waals surface area contributed by atoms with Gasteiger partial charge in [-0.05, 0) is 13.5 Å². The molecule has 2 nitrogen and oxygen atoms in total. The van der Waals surface area contributed by atoms with Gasteiger partial charge < -0.3 is 5.32 Å². The number of aromatic nitrogens is 1. The van der Waals surface area contributed by atoms with Gasteiger partial charge in [0.1, 0.15) is 0 Å². The quantitative estimate of drug-likeness (QED) is 0.804. The first-order valence-electron chi connectivity index (χ1n) is 4.84. The van der Waals surface area contributed by atoms with Gasteiger partial charge in [-0.2, -0.15) is 0 Å². The highest BCUT2D eigenvalue weighted by molar-refractivity contribution is 7.11. The van der Waals surface area contributed by atoms with Crippen molar-refractivity contribution in [2.24, 2.45) is 0 Å². The van der Waals surface area contributed by atoms with Crippen molar-refractivity contribution in [2.45, 2.75) is 39.7 Å². The molecule has 0 saturated carbocycles. The van der Waals surface area contributed by atoms with E-state index in [1.54, 1.807) is 0 Å². The van der Waals surface area contributed by atoms with Crippen LogP contribution >= 0.6 is 11.3 Å². The van der Waals surface area contributed by atoms with Gasteiger partial charge >= 0.3 is 0 Å². The topological polar surface area (TPSA) is 24.9 Å². The van der Waals surface area contributed by atoms with Gasteiger partial charge in [-0.25, -0.2) is 4.98 Å². The van der Waals surface area contributed by atoms with E-state index in [2.05, 4.69) is 38.0 Å². The Morgan fingerprint density at radius 2 is 2.15 bits per heavy atom. The molecule has 1 atom stereocenters. The van der Waals surface area contributed by atoms with E-state index in [0.29, 0.717) is 12.0 Å². The molecule has 0 radical (unpaired) electrons. The zero-order chi connectivity index (χ0) is 9.84. The average molecular weight is 198 g/mol. The smallest absolute Gasteiger partial charge is 0.0953 e. The summed E-state index contributed by atoms with van der Waals surface area (Å²) >= 11 is 1.82. The summed E-state index contributed by atoms with van der Waals surface area (Å²) < 4.78 is 0.